The van der Waals surface area contributed by atoms with E-state index in [1.54, 1.807) is 47.4 Å². The fourth-order valence-corrected chi connectivity index (χ4v) is 3.17. The number of nitrogens with zero attached hydrogens (tertiary/aromatic N) is 1. The highest BCUT2D eigenvalue weighted by atomic mass is 16.5. The topological polar surface area (TPSA) is 86.5 Å². The Morgan fingerprint density at radius 3 is 1.71 bits per heavy atom. The Balaban J connectivity index is 1.90. The van der Waals surface area contributed by atoms with E-state index >= 15 is 0 Å². The average molecular weight is 415 g/mol. The number of amides is 1. The maximum Gasteiger partial charge on any atom is 0.254 e. The summed E-state index contributed by atoms with van der Waals surface area (Å²) in [6.45, 7) is 5.10. The van der Waals surface area contributed by atoms with E-state index in [1.165, 1.54) is 0 Å². The minimum absolute atomic E-state index is 0.0929. The van der Waals surface area contributed by atoms with Crippen LogP contribution in [-0.2, 0) is 0 Å². The molecule has 2 aliphatic rings. The number of hydrogen-bond acceptors (Lipinski definition) is 5. The SMILES string of the molecule is CCN(CC)C(=O)c1cc(OC2=CCC(=C=N)C=C2)cc(OC2=CCC(=C=N)C=C2)c1. The molecule has 1 aromatic rings. The molecule has 0 unspecified atom stereocenters. The predicted molar refractivity (Wildman–Crippen MR) is 121 cm³/mol. The third-order valence-electron chi connectivity index (χ3n) is 4.91. The van der Waals surface area contributed by atoms with Crippen molar-refractivity contribution in [3.63, 3.8) is 0 Å². The first-order valence-corrected chi connectivity index (χ1v) is 10.2. The molecule has 0 radical (unpaired) electrons. The summed E-state index contributed by atoms with van der Waals surface area (Å²) in [7, 11) is 0. The lowest BCUT2D eigenvalue weighted by molar-refractivity contribution is 0.0772. The van der Waals surface area contributed by atoms with Crippen molar-refractivity contribution in [1.82, 2.24) is 4.90 Å². The van der Waals surface area contributed by atoms with Crippen LogP contribution < -0.4 is 9.47 Å². The Hall–Kier alpha value is -3.85. The van der Waals surface area contributed by atoms with Gasteiger partial charge in [-0.3, -0.25) is 15.6 Å². The van der Waals surface area contributed by atoms with Gasteiger partial charge in [-0.05, 0) is 74.2 Å². The van der Waals surface area contributed by atoms with E-state index in [9.17, 15) is 4.79 Å². The molecule has 6 nitrogen and oxygen atoms in total. The summed E-state index contributed by atoms with van der Waals surface area (Å²) in [6, 6.07) is 5.17. The molecule has 6 heteroatoms. The zero-order valence-electron chi connectivity index (χ0n) is 17.7. The van der Waals surface area contributed by atoms with Crippen LogP contribution in [0.15, 0.2) is 77.3 Å². The van der Waals surface area contributed by atoms with Crippen molar-refractivity contribution in [2.45, 2.75) is 26.7 Å². The molecule has 0 atom stereocenters. The first kappa shape index (κ1) is 21.8. The molecule has 158 valence electrons. The number of carbonyl (C=O) groups is 1. The van der Waals surface area contributed by atoms with Crippen molar-refractivity contribution in [3.05, 3.63) is 82.9 Å². The molecule has 3 rings (SSSR count). The number of hydrogen-bond donors (Lipinski definition) is 2. The molecule has 1 amide bonds. The number of carbonyl (C=O) groups excluding carboxylic acids is 1. The van der Waals surface area contributed by atoms with Gasteiger partial charge in [0.1, 0.15) is 23.0 Å². The van der Waals surface area contributed by atoms with Crippen LogP contribution in [0.2, 0.25) is 0 Å². The molecule has 0 aliphatic heterocycles. The van der Waals surface area contributed by atoms with E-state index in [2.05, 4.69) is 11.7 Å². The van der Waals surface area contributed by atoms with Crippen LogP contribution in [-0.4, -0.2) is 35.6 Å². The Bertz CT molecular complexity index is 1020. The molecule has 2 N–H and O–H groups in total. The number of benzene rings is 1. The summed E-state index contributed by atoms with van der Waals surface area (Å²) in [6.07, 6.45) is 12.0. The van der Waals surface area contributed by atoms with Gasteiger partial charge in [0.15, 0.2) is 0 Å². The number of allylic oxidation sites excluding steroid dienone is 8. The van der Waals surface area contributed by atoms with Gasteiger partial charge in [0.25, 0.3) is 5.91 Å². The summed E-state index contributed by atoms with van der Waals surface area (Å²) in [5.41, 5.74) is 2.03. The van der Waals surface area contributed by atoms with Gasteiger partial charge >= 0.3 is 0 Å². The number of rotatable bonds is 7. The van der Waals surface area contributed by atoms with Crippen LogP contribution in [0.3, 0.4) is 0 Å². The molecule has 0 fully saturated rings. The Morgan fingerprint density at radius 1 is 0.871 bits per heavy atom. The maximum atomic E-state index is 13.0. The van der Waals surface area contributed by atoms with Crippen LogP contribution in [0.5, 0.6) is 11.5 Å². The smallest absolute Gasteiger partial charge is 0.254 e. The first-order valence-electron chi connectivity index (χ1n) is 10.2. The molecule has 0 saturated carbocycles. The number of nitrogens with one attached hydrogen (secondary N) is 2. The lowest BCUT2D eigenvalue weighted by atomic mass is 10.1. The molecular weight excluding hydrogens is 390 g/mol. The van der Waals surface area contributed by atoms with Gasteiger partial charge in [-0.2, -0.15) is 0 Å². The molecule has 31 heavy (non-hydrogen) atoms. The van der Waals surface area contributed by atoms with Gasteiger partial charge in [0.05, 0.1) is 0 Å². The van der Waals surface area contributed by atoms with Gasteiger partial charge in [-0.15, -0.1) is 0 Å². The van der Waals surface area contributed by atoms with Crippen molar-refractivity contribution in [2.75, 3.05) is 13.1 Å². The highest BCUT2D eigenvalue weighted by Crippen LogP contribution is 2.29. The largest absolute Gasteiger partial charge is 0.458 e. The lowest BCUT2D eigenvalue weighted by Crippen LogP contribution is -2.30. The van der Waals surface area contributed by atoms with E-state index in [4.69, 9.17) is 20.3 Å². The zero-order chi connectivity index (χ0) is 22.2. The molecular formula is C25H25N3O3. The average Bonchev–Trinajstić information content (AvgIpc) is 2.80. The van der Waals surface area contributed by atoms with Crippen LogP contribution in [0.1, 0.15) is 37.0 Å². The lowest BCUT2D eigenvalue weighted by Gasteiger charge is -2.20. The van der Waals surface area contributed by atoms with Gasteiger partial charge in [0, 0.05) is 48.7 Å². The third kappa shape index (κ3) is 5.61. The molecule has 0 saturated heterocycles. The predicted octanol–water partition coefficient (Wildman–Crippen LogP) is 4.96. The van der Waals surface area contributed by atoms with Gasteiger partial charge in [0.2, 0.25) is 0 Å². The normalized spacial score (nSPS) is 14.9. The molecule has 0 aromatic heterocycles. The van der Waals surface area contributed by atoms with Crippen molar-refractivity contribution in [2.24, 2.45) is 0 Å². The molecule has 2 aliphatic carbocycles. The maximum absolute atomic E-state index is 13.0. The van der Waals surface area contributed by atoms with E-state index in [1.807, 2.05) is 26.0 Å². The first-order chi connectivity index (χ1) is 15.1. The quantitative estimate of drug-likeness (QED) is 0.617. The van der Waals surface area contributed by atoms with Crippen LogP contribution in [0, 0.1) is 10.8 Å². The minimum Gasteiger partial charge on any atom is -0.458 e. The zero-order valence-corrected chi connectivity index (χ0v) is 17.7. The molecule has 0 spiro atoms. The van der Waals surface area contributed by atoms with E-state index in [0.717, 1.165) is 11.1 Å². The van der Waals surface area contributed by atoms with Crippen molar-refractivity contribution in [1.29, 1.82) is 10.8 Å². The standard InChI is InChI=1S/C25H25N3O3/c1-3-28(4-2)25(29)20-13-23(30-21-9-5-18(16-26)6-10-21)15-24(14-20)31-22-11-7-19(17-27)8-12-22/h5,7,9-15,26-27H,3-4,6,8H2,1-2H3. The van der Waals surface area contributed by atoms with Gasteiger partial charge < -0.3 is 14.4 Å². The second kappa shape index (κ2) is 10.3. The highest BCUT2D eigenvalue weighted by molar-refractivity contribution is 5.95. The summed E-state index contributed by atoms with van der Waals surface area (Å²) in [5.74, 6) is 6.92. The fraction of sp³-hybridized carbons (Fsp3) is 0.240. The molecule has 0 bridgehead atoms. The Kier molecular flexibility index (Phi) is 7.23. The summed E-state index contributed by atoms with van der Waals surface area (Å²) >= 11 is 0. The Labute approximate surface area is 182 Å². The van der Waals surface area contributed by atoms with E-state index in [0.29, 0.717) is 54.5 Å². The third-order valence-corrected chi connectivity index (χ3v) is 4.91. The number of ether oxygens (including phenoxy) is 2. The molecule has 0 heterocycles. The molecule has 1 aromatic carbocycles. The van der Waals surface area contributed by atoms with Gasteiger partial charge in [-0.25, -0.2) is 0 Å². The van der Waals surface area contributed by atoms with E-state index in [-0.39, 0.29) is 5.91 Å². The van der Waals surface area contributed by atoms with E-state index < -0.39 is 0 Å². The summed E-state index contributed by atoms with van der Waals surface area (Å²) in [4.78, 5) is 14.7. The summed E-state index contributed by atoms with van der Waals surface area (Å²) < 4.78 is 12.0. The van der Waals surface area contributed by atoms with Crippen molar-refractivity contribution in [3.8, 4) is 11.5 Å². The van der Waals surface area contributed by atoms with Crippen LogP contribution in [0.25, 0.3) is 0 Å². The second-order valence-electron chi connectivity index (χ2n) is 6.96. The fourth-order valence-electron chi connectivity index (χ4n) is 3.17. The van der Waals surface area contributed by atoms with Crippen molar-refractivity contribution < 1.29 is 14.3 Å². The Morgan fingerprint density at radius 2 is 1.35 bits per heavy atom. The highest BCUT2D eigenvalue weighted by Gasteiger charge is 2.17. The summed E-state index contributed by atoms with van der Waals surface area (Å²) in [5, 5.41) is 14.4. The van der Waals surface area contributed by atoms with Crippen LogP contribution >= 0.6 is 0 Å². The second-order valence-corrected chi connectivity index (χ2v) is 6.96. The minimum atomic E-state index is -0.0929. The van der Waals surface area contributed by atoms with Gasteiger partial charge in [-0.1, -0.05) is 0 Å². The van der Waals surface area contributed by atoms with Crippen molar-refractivity contribution >= 4 is 17.6 Å². The monoisotopic (exact) mass is 415 g/mol. The van der Waals surface area contributed by atoms with Crippen LogP contribution in [0.4, 0.5) is 0 Å².